The van der Waals surface area contributed by atoms with Gasteiger partial charge in [0.1, 0.15) is 26.9 Å². The monoisotopic (exact) mass is 749 g/mol. The zero-order chi connectivity index (χ0) is 34.9. The fourth-order valence-electron chi connectivity index (χ4n) is 3.94. The van der Waals surface area contributed by atoms with E-state index in [1.807, 2.05) is 0 Å². The molecule has 47 heavy (non-hydrogen) atoms. The Bertz CT molecular complexity index is 2400. The van der Waals surface area contributed by atoms with E-state index >= 15 is 0 Å². The summed E-state index contributed by atoms with van der Waals surface area (Å²) in [5.41, 5.74) is 3.95. The molecule has 0 atom stereocenters. The van der Waals surface area contributed by atoms with Crippen molar-refractivity contribution in [2.24, 2.45) is 20.5 Å². The van der Waals surface area contributed by atoms with E-state index in [0.29, 0.717) is 6.07 Å². The van der Waals surface area contributed by atoms with Crippen LogP contribution in [0.1, 0.15) is 0 Å². The third kappa shape index (κ3) is 8.43. The summed E-state index contributed by atoms with van der Waals surface area (Å²) in [6.07, 6.45) is 0. The molecule has 250 valence electrons. The third-order valence-corrected chi connectivity index (χ3v) is 10.2. The number of phenols is 1. The van der Waals surface area contributed by atoms with Gasteiger partial charge in [-0.2, -0.15) is 30.4 Å². The number of anilines is 1. The molecule has 0 spiro atoms. The zero-order valence-corrected chi connectivity index (χ0v) is 27.0. The van der Waals surface area contributed by atoms with E-state index in [1.165, 1.54) is 12.1 Å². The molecule has 0 saturated carbocycles. The molecule has 0 aliphatic carbocycles. The fraction of sp³-hybridized carbons (Fsp3) is 0.0833. The molecule has 6 N–H and O–H groups in total. The molecule has 18 nitrogen and oxygen atoms in total. The largest absolute Gasteiger partial charge is 0.505 e. The Kier molecular flexibility index (Phi) is 10.0. The number of benzene rings is 4. The molecule has 0 unspecified atom stereocenters. The van der Waals surface area contributed by atoms with Crippen LogP contribution in [0.2, 0.25) is 5.02 Å². The normalized spacial score (nSPS) is 13.2. The molecule has 0 aliphatic heterocycles. The summed E-state index contributed by atoms with van der Waals surface area (Å²) in [5, 5.41) is 25.5. The Morgan fingerprint density at radius 2 is 1.30 bits per heavy atom. The Labute approximate surface area is 271 Å². The van der Waals surface area contributed by atoms with Gasteiger partial charge in [0.2, 0.25) is 0 Å². The standard InChI is InChI=1S/C24H20ClN5O13S4/c25-16-3-1-2-4-17(16)28-29-22-18(45(34,35)36)11-13-12-19(46(37,38)39)23(24(31)20(13)21(22)26)30-27-14-5-7-15(8-6-14)44(32,33)10-9-43-47(40,41)42/h1-8,11-12,31H,9-10,26H2,(H,34,35,36)(H,37,38,39)(H,40,41,42). The first kappa shape index (κ1) is 35.7. The molecule has 0 fully saturated rings. The molecule has 23 heteroatoms. The number of sulfone groups is 1. The van der Waals surface area contributed by atoms with E-state index in [1.54, 1.807) is 12.1 Å². The molecule has 0 aliphatic rings. The van der Waals surface area contributed by atoms with Crippen LogP contribution in [-0.2, 0) is 44.7 Å². The van der Waals surface area contributed by atoms with Gasteiger partial charge in [-0.3, -0.25) is 13.7 Å². The van der Waals surface area contributed by atoms with Crippen LogP contribution >= 0.6 is 11.6 Å². The van der Waals surface area contributed by atoms with Gasteiger partial charge in [-0.15, -0.1) is 15.3 Å². The highest BCUT2D eigenvalue weighted by Gasteiger charge is 2.28. The van der Waals surface area contributed by atoms with E-state index in [2.05, 4.69) is 24.6 Å². The molecule has 0 saturated heterocycles. The van der Waals surface area contributed by atoms with Crippen molar-refractivity contribution in [3.8, 4) is 5.75 Å². The van der Waals surface area contributed by atoms with Crippen LogP contribution in [0.15, 0.2) is 95.8 Å². The van der Waals surface area contributed by atoms with Crippen molar-refractivity contribution in [1.82, 2.24) is 0 Å². The molecule has 4 rings (SSSR count). The second kappa shape index (κ2) is 13.2. The number of hydrogen-bond donors (Lipinski definition) is 5. The van der Waals surface area contributed by atoms with Crippen LogP contribution in [0, 0.1) is 0 Å². The number of hydrogen-bond acceptors (Lipinski definition) is 15. The lowest BCUT2D eigenvalue weighted by atomic mass is 10.1. The first-order valence-corrected chi connectivity index (χ1v) is 18.6. The van der Waals surface area contributed by atoms with E-state index in [9.17, 15) is 47.9 Å². The summed E-state index contributed by atoms with van der Waals surface area (Å²) >= 11 is 6.05. The number of nitrogens with zero attached hydrogens (tertiary/aromatic N) is 4. The summed E-state index contributed by atoms with van der Waals surface area (Å²) in [6, 6.07) is 11.7. The number of nitrogens with two attached hydrogens (primary N) is 1. The summed E-state index contributed by atoms with van der Waals surface area (Å²) in [6.45, 7) is -0.875. The quantitative estimate of drug-likeness (QED) is 0.0789. The van der Waals surface area contributed by atoms with Crippen LogP contribution in [0.5, 0.6) is 5.75 Å². The minimum absolute atomic E-state index is 0.0700. The topological polar surface area (TPSA) is 302 Å². The Hall–Kier alpha value is -4.13. The second-order valence-electron chi connectivity index (χ2n) is 9.17. The van der Waals surface area contributed by atoms with Gasteiger partial charge in [0.05, 0.1) is 39.0 Å². The van der Waals surface area contributed by atoms with E-state index in [4.69, 9.17) is 21.9 Å². The molecule has 0 bridgehead atoms. The van der Waals surface area contributed by atoms with Gasteiger partial charge in [0.15, 0.2) is 15.6 Å². The smallest absolute Gasteiger partial charge is 0.397 e. The van der Waals surface area contributed by atoms with Crippen molar-refractivity contribution in [2.45, 2.75) is 14.7 Å². The first-order chi connectivity index (χ1) is 21.7. The highest BCUT2D eigenvalue weighted by molar-refractivity contribution is 7.91. The van der Waals surface area contributed by atoms with E-state index in [0.717, 1.165) is 30.3 Å². The number of aromatic hydroxyl groups is 1. The van der Waals surface area contributed by atoms with Gasteiger partial charge in [-0.1, -0.05) is 23.7 Å². The number of fused-ring (bicyclic) bond motifs is 1. The molecule has 0 radical (unpaired) electrons. The average Bonchev–Trinajstić information content (AvgIpc) is 2.95. The summed E-state index contributed by atoms with van der Waals surface area (Å²) < 4.78 is 127. The van der Waals surface area contributed by atoms with Crippen molar-refractivity contribution in [3.05, 3.63) is 65.7 Å². The summed E-state index contributed by atoms with van der Waals surface area (Å²) in [5.74, 6) is -1.85. The van der Waals surface area contributed by atoms with Gasteiger partial charge in [0.25, 0.3) is 20.2 Å². The number of phenolic OH excluding ortho intramolecular Hbond substituents is 1. The van der Waals surface area contributed by atoms with Crippen LogP contribution < -0.4 is 5.73 Å². The lowest BCUT2D eigenvalue weighted by Crippen LogP contribution is -2.15. The van der Waals surface area contributed by atoms with Crippen LogP contribution in [0.25, 0.3) is 10.8 Å². The minimum Gasteiger partial charge on any atom is -0.505 e. The van der Waals surface area contributed by atoms with Gasteiger partial charge >= 0.3 is 10.4 Å². The number of halogens is 1. The maximum absolute atomic E-state index is 12.4. The Balaban J connectivity index is 1.83. The van der Waals surface area contributed by atoms with Crippen molar-refractivity contribution < 1.29 is 56.6 Å². The molecular weight excluding hydrogens is 730 g/mol. The zero-order valence-electron chi connectivity index (χ0n) is 23.0. The van der Waals surface area contributed by atoms with Crippen molar-refractivity contribution in [1.29, 1.82) is 0 Å². The molecule has 0 heterocycles. The number of nitrogen functional groups attached to an aromatic ring is 1. The lowest BCUT2D eigenvalue weighted by Gasteiger charge is -2.14. The SMILES string of the molecule is Nc1c(N=Nc2ccccc2Cl)c(S(=O)(=O)O)cc2cc(S(=O)(=O)O)c(N=Nc3ccc(S(=O)(=O)CCOS(=O)(=O)O)cc3)c(O)c12. The minimum atomic E-state index is -5.19. The predicted octanol–water partition coefficient (Wildman–Crippen LogP) is 4.70. The van der Waals surface area contributed by atoms with Gasteiger partial charge in [-0.25, -0.2) is 12.6 Å². The van der Waals surface area contributed by atoms with Crippen LogP contribution in [-0.4, -0.2) is 64.8 Å². The third-order valence-electron chi connectivity index (χ3n) is 6.03. The van der Waals surface area contributed by atoms with Gasteiger partial charge in [-0.05, 0) is 53.9 Å². The summed E-state index contributed by atoms with van der Waals surface area (Å²) in [7, 11) is -19.2. The number of rotatable bonds is 11. The summed E-state index contributed by atoms with van der Waals surface area (Å²) in [4.78, 5) is -2.31. The van der Waals surface area contributed by atoms with Crippen molar-refractivity contribution in [2.75, 3.05) is 18.1 Å². The maximum atomic E-state index is 12.4. The molecular formula is C24H20ClN5O13S4. The van der Waals surface area contributed by atoms with Gasteiger partial charge < -0.3 is 10.8 Å². The highest BCUT2D eigenvalue weighted by Crippen LogP contribution is 2.48. The second-order valence-corrected chi connectivity index (χ2v) is 15.6. The average molecular weight is 750 g/mol. The molecule has 0 aromatic heterocycles. The molecule has 4 aromatic rings. The highest BCUT2D eigenvalue weighted by atomic mass is 35.5. The van der Waals surface area contributed by atoms with E-state index < -0.39 is 96.2 Å². The van der Waals surface area contributed by atoms with Crippen LogP contribution in [0.3, 0.4) is 0 Å². The van der Waals surface area contributed by atoms with Gasteiger partial charge in [0, 0.05) is 0 Å². The predicted molar refractivity (Wildman–Crippen MR) is 165 cm³/mol. The molecule has 0 amide bonds. The molecule has 4 aromatic carbocycles. The van der Waals surface area contributed by atoms with Crippen LogP contribution in [0.4, 0.5) is 28.4 Å². The fourth-order valence-corrected chi connectivity index (χ4v) is 6.93. The van der Waals surface area contributed by atoms with E-state index in [-0.39, 0.29) is 21.3 Å². The number of azo groups is 2. The van der Waals surface area contributed by atoms with Crippen molar-refractivity contribution in [3.63, 3.8) is 0 Å². The Morgan fingerprint density at radius 3 is 1.85 bits per heavy atom. The first-order valence-electron chi connectivity index (χ1n) is 12.3. The Morgan fingerprint density at radius 1 is 0.745 bits per heavy atom. The van der Waals surface area contributed by atoms with Crippen molar-refractivity contribution >= 4 is 91.3 Å². The maximum Gasteiger partial charge on any atom is 0.397 e. The lowest BCUT2D eigenvalue weighted by molar-refractivity contribution is 0.284.